The molecule has 0 aromatic heterocycles. The van der Waals surface area contributed by atoms with E-state index in [9.17, 15) is 9.59 Å². The van der Waals surface area contributed by atoms with Crippen LogP contribution >= 0.6 is 0 Å². The van der Waals surface area contributed by atoms with Crippen LogP contribution in [-0.2, 0) is 18.9 Å². The smallest absolute Gasteiger partial charge is 0.338 e. The summed E-state index contributed by atoms with van der Waals surface area (Å²) in [5.41, 5.74) is 0.823. The zero-order chi connectivity index (χ0) is 20.5. The molecule has 1 aliphatic heterocycles. The van der Waals surface area contributed by atoms with Gasteiger partial charge in [0.25, 0.3) is 0 Å². The van der Waals surface area contributed by atoms with Gasteiger partial charge in [-0.3, -0.25) is 0 Å². The predicted molar refractivity (Wildman–Crippen MR) is 105 cm³/mol. The molecule has 0 amide bonds. The van der Waals surface area contributed by atoms with Crippen LogP contribution < -0.4 is 0 Å². The second kappa shape index (κ2) is 10.2. The van der Waals surface area contributed by atoms with Crippen molar-refractivity contribution in [2.75, 3.05) is 13.2 Å². The van der Waals surface area contributed by atoms with Crippen LogP contribution in [0.1, 0.15) is 20.7 Å². The number of terminal acetylenes is 1. The van der Waals surface area contributed by atoms with Crippen LogP contribution in [0.3, 0.4) is 0 Å². The van der Waals surface area contributed by atoms with Gasteiger partial charge in [0.05, 0.1) is 11.1 Å². The van der Waals surface area contributed by atoms with Crippen LogP contribution in [0.15, 0.2) is 72.8 Å². The first kappa shape index (κ1) is 20.3. The van der Waals surface area contributed by atoms with Gasteiger partial charge in [-0.15, -0.1) is 6.42 Å². The molecule has 0 unspecified atom stereocenters. The molecule has 0 spiro atoms. The Morgan fingerprint density at radius 3 is 2.17 bits per heavy atom. The van der Waals surface area contributed by atoms with Crippen LogP contribution in [0.25, 0.3) is 0 Å². The third-order valence-corrected chi connectivity index (χ3v) is 4.11. The van der Waals surface area contributed by atoms with Gasteiger partial charge in [-0.05, 0) is 36.4 Å². The highest BCUT2D eigenvalue weighted by Crippen LogP contribution is 2.19. The number of benzene rings is 2. The first-order valence-corrected chi connectivity index (χ1v) is 9.04. The summed E-state index contributed by atoms with van der Waals surface area (Å²) in [5.74, 6) is 1.35. The molecule has 1 heterocycles. The third-order valence-electron chi connectivity index (χ3n) is 4.11. The lowest BCUT2D eigenvalue weighted by atomic mass is 10.1. The second-order valence-electron chi connectivity index (χ2n) is 6.14. The SMILES string of the molecule is C#CCO[C@@H]1C=C[C@H](OC(=O)c2ccccc2)[C@@H](COC(=O)c2ccccc2)O1. The molecule has 0 aliphatic carbocycles. The summed E-state index contributed by atoms with van der Waals surface area (Å²) in [6, 6.07) is 17.2. The van der Waals surface area contributed by atoms with Crippen molar-refractivity contribution in [3.63, 3.8) is 0 Å². The summed E-state index contributed by atoms with van der Waals surface area (Å²) < 4.78 is 22.0. The van der Waals surface area contributed by atoms with E-state index in [-0.39, 0.29) is 13.2 Å². The molecule has 0 N–H and O–H groups in total. The standard InChI is InChI=1S/C23H20O6/c1-2-15-26-21-14-13-19(29-23(25)18-11-7-4-8-12-18)20(28-21)16-27-22(24)17-9-5-3-6-10-17/h1,3-14,19-21H,15-16H2/t19-,20+,21-/m0/s1. The quantitative estimate of drug-likeness (QED) is 0.410. The van der Waals surface area contributed by atoms with Crippen molar-refractivity contribution in [3.05, 3.63) is 83.9 Å². The molecule has 0 saturated carbocycles. The lowest BCUT2D eigenvalue weighted by Gasteiger charge is -2.31. The molecule has 0 fully saturated rings. The van der Waals surface area contributed by atoms with Gasteiger partial charge in [-0.25, -0.2) is 9.59 Å². The maximum Gasteiger partial charge on any atom is 0.338 e. The molecular weight excluding hydrogens is 372 g/mol. The first-order chi connectivity index (χ1) is 14.2. The minimum absolute atomic E-state index is 0.0556. The Labute approximate surface area is 169 Å². The lowest BCUT2D eigenvalue weighted by molar-refractivity contribution is -0.175. The molecule has 2 aromatic rings. The van der Waals surface area contributed by atoms with E-state index < -0.39 is 30.4 Å². The van der Waals surface area contributed by atoms with Crippen molar-refractivity contribution in [2.24, 2.45) is 0 Å². The highest BCUT2D eigenvalue weighted by molar-refractivity contribution is 5.90. The van der Waals surface area contributed by atoms with Gasteiger partial charge in [0, 0.05) is 0 Å². The fourth-order valence-corrected chi connectivity index (χ4v) is 2.67. The molecule has 148 valence electrons. The molecule has 1 aliphatic rings. The summed E-state index contributed by atoms with van der Waals surface area (Å²) in [6.45, 7) is -0.0687. The van der Waals surface area contributed by atoms with E-state index in [1.54, 1.807) is 72.8 Å². The molecule has 0 radical (unpaired) electrons. The summed E-state index contributed by atoms with van der Waals surface area (Å²) >= 11 is 0. The largest absolute Gasteiger partial charge is 0.459 e. The Kier molecular flexibility index (Phi) is 7.17. The molecule has 6 nitrogen and oxygen atoms in total. The van der Waals surface area contributed by atoms with Crippen LogP contribution in [0.4, 0.5) is 0 Å². The molecule has 0 saturated heterocycles. The molecule has 6 heteroatoms. The van der Waals surface area contributed by atoms with Crippen LogP contribution in [0, 0.1) is 12.3 Å². The normalized spacial score (nSPS) is 20.4. The average molecular weight is 392 g/mol. The van der Waals surface area contributed by atoms with Crippen molar-refractivity contribution in [2.45, 2.75) is 18.5 Å². The fourth-order valence-electron chi connectivity index (χ4n) is 2.67. The Morgan fingerprint density at radius 1 is 0.931 bits per heavy atom. The van der Waals surface area contributed by atoms with Crippen molar-refractivity contribution >= 4 is 11.9 Å². The van der Waals surface area contributed by atoms with E-state index in [0.717, 1.165) is 0 Å². The Hall–Kier alpha value is -3.40. The van der Waals surface area contributed by atoms with Gasteiger partial charge in [-0.1, -0.05) is 42.3 Å². The zero-order valence-electron chi connectivity index (χ0n) is 15.6. The Bertz CT molecular complexity index is 885. The Morgan fingerprint density at radius 2 is 1.55 bits per heavy atom. The number of carbonyl (C=O) groups is 2. The molecule has 2 aromatic carbocycles. The second-order valence-corrected chi connectivity index (χ2v) is 6.14. The van der Waals surface area contributed by atoms with Gasteiger partial charge >= 0.3 is 11.9 Å². The maximum atomic E-state index is 12.4. The minimum atomic E-state index is -0.753. The lowest BCUT2D eigenvalue weighted by Crippen LogP contribution is -2.42. The first-order valence-electron chi connectivity index (χ1n) is 9.04. The summed E-state index contributed by atoms with van der Waals surface area (Å²) in [5, 5.41) is 0. The van der Waals surface area contributed by atoms with Crippen LogP contribution in [0.5, 0.6) is 0 Å². The van der Waals surface area contributed by atoms with Gasteiger partial charge in [0.2, 0.25) is 0 Å². The molecule has 29 heavy (non-hydrogen) atoms. The van der Waals surface area contributed by atoms with Gasteiger partial charge < -0.3 is 18.9 Å². The van der Waals surface area contributed by atoms with Crippen LogP contribution in [-0.4, -0.2) is 43.7 Å². The van der Waals surface area contributed by atoms with Gasteiger partial charge in [0.15, 0.2) is 12.4 Å². The van der Waals surface area contributed by atoms with Crippen molar-refractivity contribution < 1.29 is 28.5 Å². The number of ether oxygens (including phenoxy) is 4. The van der Waals surface area contributed by atoms with E-state index in [4.69, 9.17) is 25.4 Å². The summed E-state index contributed by atoms with van der Waals surface area (Å²) in [4.78, 5) is 24.6. The van der Waals surface area contributed by atoms with E-state index in [1.807, 2.05) is 0 Å². The summed E-state index contributed by atoms with van der Waals surface area (Å²) in [6.07, 6.45) is 6.24. The van der Waals surface area contributed by atoms with Crippen LogP contribution in [0.2, 0.25) is 0 Å². The number of hydrogen-bond acceptors (Lipinski definition) is 6. The summed E-state index contributed by atoms with van der Waals surface area (Å²) in [7, 11) is 0. The van der Waals surface area contributed by atoms with Crippen molar-refractivity contribution in [1.29, 1.82) is 0 Å². The zero-order valence-corrected chi connectivity index (χ0v) is 15.6. The Balaban J connectivity index is 1.67. The maximum absolute atomic E-state index is 12.4. The van der Waals surface area contributed by atoms with Crippen molar-refractivity contribution in [3.8, 4) is 12.3 Å². The monoisotopic (exact) mass is 392 g/mol. The number of hydrogen-bond donors (Lipinski definition) is 0. The van der Waals surface area contributed by atoms with Gasteiger partial charge in [-0.2, -0.15) is 0 Å². The average Bonchev–Trinajstić information content (AvgIpc) is 2.78. The van der Waals surface area contributed by atoms with E-state index in [0.29, 0.717) is 11.1 Å². The number of carbonyl (C=O) groups excluding carboxylic acids is 2. The molecular formula is C23H20O6. The van der Waals surface area contributed by atoms with E-state index >= 15 is 0 Å². The molecule has 0 bridgehead atoms. The van der Waals surface area contributed by atoms with Gasteiger partial charge in [0.1, 0.15) is 19.3 Å². The minimum Gasteiger partial charge on any atom is -0.459 e. The van der Waals surface area contributed by atoms with Crippen molar-refractivity contribution in [1.82, 2.24) is 0 Å². The number of esters is 2. The van der Waals surface area contributed by atoms with E-state index in [1.165, 1.54) is 0 Å². The highest BCUT2D eigenvalue weighted by Gasteiger charge is 2.32. The predicted octanol–water partition coefficient (Wildman–Crippen LogP) is 3.00. The molecule has 3 rings (SSSR count). The third kappa shape index (κ3) is 5.79. The highest BCUT2D eigenvalue weighted by atomic mass is 16.7. The number of rotatable bonds is 7. The van der Waals surface area contributed by atoms with E-state index in [2.05, 4.69) is 5.92 Å². The topological polar surface area (TPSA) is 71.1 Å². The molecule has 3 atom stereocenters. The fraction of sp³-hybridized carbons (Fsp3) is 0.217.